The van der Waals surface area contributed by atoms with Crippen molar-refractivity contribution in [3.8, 4) is 0 Å². The van der Waals surface area contributed by atoms with Crippen molar-refractivity contribution in [3.63, 3.8) is 0 Å². The molecule has 2 N–H and O–H groups in total. The Bertz CT molecular complexity index is 892. The van der Waals surface area contributed by atoms with Crippen molar-refractivity contribution in [2.24, 2.45) is 0 Å². The highest BCUT2D eigenvalue weighted by Gasteiger charge is 2.22. The quantitative estimate of drug-likeness (QED) is 0.418. The minimum Gasteiger partial charge on any atom is -0.303 e. The molecule has 0 radical (unpaired) electrons. The number of nitro groups is 1. The van der Waals surface area contributed by atoms with E-state index in [4.69, 9.17) is 0 Å². The number of aryl methyl sites for hydroxylation is 1. The molecule has 0 aliphatic heterocycles. The zero-order chi connectivity index (χ0) is 20.8. The standard InChI is InChI=1S/C18H22N6O4S/c1-12-19-22-18(23(12)14-5-3-2-4-6-14)29-11-16(25)20-21-17(26)13-7-9-15(10-8-13)24(27)28/h7-10,14H,2-6,11H2,1H3,(H,20,25)(H,21,26). The molecule has 10 nitrogen and oxygen atoms in total. The summed E-state index contributed by atoms with van der Waals surface area (Å²) in [7, 11) is 0. The molecule has 1 saturated carbocycles. The molecule has 1 aliphatic carbocycles. The van der Waals surface area contributed by atoms with Crippen molar-refractivity contribution in [1.29, 1.82) is 0 Å². The van der Waals surface area contributed by atoms with Crippen LogP contribution in [0.15, 0.2) is 29.4 Å². The highest BCUT2D eigenvalue weighted by Crippen LogP contribution is 2.32. The third-order valence-electron chi connectivity index (χ3n) is 4.76. The van der Waals surface area contributed by atoms with E-state index in [2.05, 4.69) is 25.6 Å². The average Bonchev–Trinajstić information content (AvgIpc) is 3.11. The fraction of sp³-hybridized carbons (Fsp3) is 0.444. The second-order valence-corrected chi connectivity index (χ2v) is 7.73. The maximum absolute atomic E-state index is 12.1. The first-order chi connectivity index (χ1) is 14.0. The van der Waals surface area contributed by atoms with Gasteiger partial charge in [-0.05, 0) is 31.9 Å². The number of carbonyl (C=O) groups is 2. The fourth-order valence-corrected chi connectivity index (χ4v) is 4.16. The van der Waals surface area contributed by atoms with E-state index in [1.807, 2.05) is 6.92 Å². The summed E-state index contributed by atoms with van der Waals surface area (Å²) in [6, 6.07) is 5.47. The Morgan fingerprint density at radius 1 is 1.17 bits per heavy atom. The van der Waals surface area contributed by atoms with E-state index in [0.29, 0.717) is 11.2 Å². The molecule has 3 rings (SSSR count). The van der Waals surface area contributed by atoms with Crippen LogP contribution in [0.2, 0.25) is 0 Å². The zero-order valence-corrected chi connectivity index (χ0v) is 16.8. The van der Waals surface area contributed by atoms with Crippen LogP contribution >= 0.6 is 11.8 Å². The SMILES string of the molecule is Cc1nnc(SCC(=O)NNC(=O)c2ccc([N+](=O)[O-])cc2)n1C1CCCCC1. The normalized spacial score (nSPS) is 14.4. The number of hydrazine groups is 1. The topological polar surface area (TPSA) is 132 Å². The molecule has 154 valence electrons. The van der Waals surface area contributed by atoms with Gasteiger partial charge in [0.05, 0.1) is 10.7 Å². The molecular formula is C18H22N6O4S. The molecule has 0 saturated heterocycles. The number of benzene rings is 1. The van der Waals surface area contributed by atoms with Crippen LogP contribution in [0.1, 0.15) is 54.3 Å². The largest absolute Gasteiger partial charge is 0.303 e. The Hall–Kier alpha value is -2.95. The van der Waals surface area contributed by atoms with Crippen LogP contribution in [0.3, 0.4) is 0 Å². The summed E-state index contributed by atoms with van der Waals surface area (Å²) >= 11 is 1.27. The van der Waals surface area contributed by atoms with Crippen LogP contribution in [0, 0.1) is 17.0 Å². The van der Waals surface area contributed by atoms with Crippen molar-refractivity contribution in [1.82, 2.24) is 25.6 Å². The summed E-state index contributed by atoms with van der Waals surface area (Å²) < 4.78 is 2.10. The second kappa shape index (κ2) is 9.50. The van der Waals surface area contributed by atoms with Gasteiger partial charge in [-0.25, -0.2) is 0 Å². The molecule has 11 heteroatoms. The predicted molar refractivity (Wildman–Crippen MR) is 106 cm³/mol. The second-order valence-electron chi connectivity index (χ2n) is 6.79. The number of non-ortho nitro benzene ring substituents is 1. The van der Waals surface area contributed by atoms with E-state index >= 15 is 0 Å². The van der Waals surface area contributed by atoms with Gasteiger partial charge in [0.25, 0.3) is 11.6 Å². The van der Waals surface area contributed by atoms with Gasteiger partial charge in [0.2, 0.25) is 5.91 Å². The minimum atomic E-state index is -0.556. The molecule has 0 unspecified atom stereocenters. The number of nitro benzene ring substituents is 1. The van der Waals surface area contributed by atoms with Gasteiger partial charge in [0, 0.05) is 23.7 Å². The van der Waals surface area contributed by atoms with E-state index in [1.165, 1.54) is 55.3 Å². The smallest absolute Gasteiger partial charge is 0.269 e. The lowest BCUT2D eigenvalue weighted by molar-refractivity contribution is -0.384. The lowest BCUT2D eigenvalue weighted by Gasteiger charge is -2.24. The van der Waals surface area contributed by atoms with Crippen LogP contribution in [-0.2, 0) is 4.79 Å². The molecule has 29 heavy (non-hydrogen) atoms. The van der Waals surface area contributed by atoms with Gasteiger partial charge < -0.3 is 4.57 Å². The predicted octanol–water partition coefficient (Wildman–Crippen LogP) is 2.55. The number of nitrogens with zero attached hydrogens (tertiary/aromatic N) is 4. The molecule has 1 aliphatic rings. The number of hydrogen-bond donors (Lipinski definition) is 2. The molecule has 1 fully saturated rings. The van der Waals surface area contributed by atoms with E-state index in [9.17, 15) is 19.7 Å². The number of carbonyl (C=O) groups excluding carboxylic acids is 2. The number of hydrogen-bond acceptors (Lipinski definition) is 7. The van der Waals surface area contributed by atoms with Crippen LogP contribution in [0.25, 0.3) is 0 Å². The van der Waals surface area contributed by atoms with Gasteiger partial charge in [0.15, 0.2) is 5.16 Å². The van der Waals surface area contributed by atoms with Crippen molar-refractivity contribution in [2.75, 3.05) is 5.75 Å². The van der Waals surface area contributed by atoms with Crippen molar-refractivity contribution >= 4 is 29.3 Å². The summed E-state index contributed by atoms with van der Waals surface area (Å²) in [5.41, 5.74) is 4.74. The minimum absolute atomic E-state index is 0.0748. The first-order valence-corrected chi connectivity index (χ1v) is 10.3. The van der Waals surface area contributed by atoms with E-state index in [0.717, 1.165) is 18.7 Å². The van der Waals surface area contributed by atoms with Gasteiger partial charge in [0.1, 0.15) is 5.82 Å². The lowest BCUT2D eigenvalue weighted by Crippen LogP contribution is -2.42. The molecule has 1 aromatic heterocycles. The van der Waals surface area contributed by atoms with Crippen LogP contribution in [0.5, 0.6) is 0 Å². The fourth-order valence-electron chi connectivity index (χ4n) is 3.31. The molecule has 0 bridgehead atoms. The molecule has 2 aromatic rings. The summed E-state index contributed by atoms with van der Waals surface area (Å²) in [6.07, 6.45) is 5.79. The Balaban J connectivity index is 1.50. The Morgan fingerprint density at radius 3 is 2.52 bits per heavy atom. The van der Waals surface area contributed by atoms with Crippen molar-refractivity contribution < 1.29 is 14.5 Å². The highest BCUT2D eigenvalue weighted by atomic mass is 32.2. The van der Waals surface area contributed by atoms with Crippen molar-refractivity contribution in [2.45, 2.75) is 50.2 Å². The Kier molecular flexibility index (Phi) is 6.81. The van der Waals surface area contributed by atoms with E-state index in [-0.39, 0.29) is 22.9 Å². The first kappa shape index (κ1) is 20.8. The van der Waals surface area contributed by atoms with Crippen molar-refractivity contribution in [3.05, 3.63) is 45.8 Å². The average molecular weight is 418 g/mol. The van der Waals surface area contributed by atoms with Gasteiger partial charge in [-0.2, -0.15) is 0 Å². The Labute approximate surface area is 171 Å². The van der Waals surface area contributed by atoms with Gasteiger partial charge in [-0.3, -0.25) is 30.6 Å². The Morgan fingerprint density at radius 2 is 1.86 bits per heavy atom. The number of amides is 2. The van der Waals surface area contributed by atoms with Crippen LogP contribution in [-0.4, -0.2) is 37.3 Å². The monoisotopic (exact) mass is 418 g/mol. The third-order valence-corrected chi connectivity index (χ3v) is 5.71. The number of rotatable bonds is 6. The summed E-state index contributed by atoms with van der Waals surface area (Å²) in [5, 5.41) is 19.7. The van der Waals surface area contributed by atoms with E-state index in [1.54, 1.807) is 0 Å². The summed E-state index contributed by atoms with van der Waals surface area (Å²) in [4.78, 5) is 34.2. The molecule has 1 aromatic carbocycles. The number of thioether (sulfide) groups is 1. The van der Waals surface area contributed by atoms with Gasteiger partial charge >= 0.3 is 0 Å². The molecule has 0 atom stereocenters. The highest BCUT2D eigenvalue weighted by molar-refractivity contribution is 7.99. The molecule has 1 heterocycles. The molecule has 2 amide bonds. The molecular weight excluding hydrogens is 396 g/mol. The zero-order valence-electron chi connectivity index (χ0n) is 16.0. The van der Waals surface area contributed by atoms with Gasteiger partial charge in [-0.15, -0.1) is 10.2 Å². The van der Waals surface area contributed by atoms with Crippen LogP contribution < -0.4 is 10.9 Å². The lowest BCUT2D eigenvalue weighted by atomic mass is 9.95. The first-order valence-electron chi connectivity index (χ1n) is 9.33. The van der Waals surface area contributed by atoms with E-state index < -0.39 is 10.8 Å². The summed E-state index contributed by atoms with van der Waals surface area (Å²) in [5.74, 6) is -0.0300. The maximum Gasteiger partial charge on any atom is 0.269 e. The molecule has 0 spiro atoms. The van der Waals surface area contributed by atoms with Crippen LogP contribution in [0.4, 0.5) is 5.69 Å². The number of nitrogens with one attached hydrogen (secondary N) is 2. The third kappa shape index (κ3) is 5.31. The van der Waals surface area contributed by atoms with Gasteiger partial charge in [-0.1, -0.05) is 31.0 Å². The number of aromatic nitrogens is 3. The summed E-state index contributed by atoms with van der Waals surface area (Å²) in [6.45, 7) is 1.91. The maximum atomic E-state index is 12.1.